The molecule has 0 spiro atoms. The van der Waals surface area contributed by atoms with E-state index in [1.165, 1.54) is 0 Å². The number of pyridine rings is 1. The van der Waals surface area contributed by atoms with Crippen LogP contribution in [0.5, 0.6) is 0 Å². The largest absolute Gasteiger partial charge is 0.444 e. The Balaban J connectivity index is 1.23. The van der Waals surface area contributed by atoms with Crippen LogP contribution in [0.15, 0.2) is 140 Å². The lowest BCUT2D eigenvalue weighted by atomic mass is 9.76. The Morgan fingerprint density at radius 1 is 0.786 bits per heavy atom. The number of methoxy groups -OCH3 is 1. The lowest BCUT2D eigenvalue weighted by Gasteiger charge is -2.40. The molecule has 2 aliphatic rings. The van der Waals surface area contributed by atoms with Crippen LogP contribution in [0.4, 0.5) is 4.79 Å². The molecule has 8 nitrogen and oxygen atoms in total. The highest BCUT2D eigenvalue weighted by atomic mass is 35.5. The van der Waals surface area contributed by atoms with Crippen molar-refractivity contribution in [1.82, 2.24) is 24.3 Å². The number of piperazine rings is 1. The molecular formula is C47H46ClN5O3. The molecule has 0 N–H and O–H groups in total. The molecule has 2 aromatic heterocycles. The number of carbonyl (C=O) groups excluding carboxylic acids is 1. The van der Waals surface area contributed by atoms with Gasteiger partial charge in [0.2, 0.25) is 0 Å². The summed E-state index contributed by atoms with van der Waals surface area (Å²) in [6.45, 7) is 8.07. The fourth-order valence-corrected chi connectivity index (χ4v) is 8.49. The number of amides is 1. The van der Waals surface area contributed by atoms with E-state index in [2.05, 4.69) is 107 Å². The van der Waals surface area contributed by atoms with Gasteiger partial charge >= 0.3 is 6.09 Å². The predicted octanol–water partition coefficient (Wildman–Crippen LogP) is 9.66. The highest BCUT2D eigenvalue weighted by Gasteiger charge is 2.40. The Kier molecular flexibility index (Phi) is 10.4. The van der Waals surface area contributed by atoms with E-state index in [4.69, 9.17) is 31.0 Å². The van der Waals surface area contributed by atoms with Crippen LogP contribution in [0.2, 0.25) is 5.02 Å². The molecule has 3 heterocycles. The first-order valence-corrected chi connectivity index (χ1v) is 19.5. The van der Waals surface area contributed by atoms with Crippen molar-refractivity contribution in [3.05, 3.63) is 190 Å². The zero-order chi connectivity index (χ0) is 38.9. The Morgan fingerprint density at radius 2 is 1.39 bits per heavy atom. The number of imidazole rings is 1. The van der Waals surface area contributed by atoms with Gasteiger partial charge in [0.25, 0.3) is 0 Å². The lowest BCUT2D eigenvalue weighted by Crippen LogP contribution is -2.51. The Hall–Kier alpha value is -5.54. The van der Waals surface area contributed by atoms with Gasteiger partial charge < -0.3 is 18.9 Å². The number of hydrogen-bond acceptors (Lipinski definition) is 6. The number of hydrogen-bond donors (Lipinski definition) is 0. The zero-order valence-corrected chi connectivity index (χ0v) is 32.9. The topological polar surface area (TPSA) is 72.7 Å². The van der Waals surface area contributed by atoms with Crippen molar-refractivity contribution in [3.63, 3.8) is 0 Å². The van der Waals surface area contributed by atoms with Gasteiger partial charge in [-0.2, -0.15) is 0 Å². The van der Waals surface area contributed by atoms with Gasteiger partial charge in [0, 0.05) is 50.7 Å². The van der Waals surface area contributed by atoms with Crippen molar-refractivity contribution in [2.24, 2.45) is 0 Å². The first-order valence-electron chi connectivity index (χ1n) is 19.1. The van der Waals surface area contributed by atoms with Gasteiger partial charge in [-0.25, -0.2) is 9.78 Å². The first-order chi connectivity index (χ1) is 27.2. The number of rotatable bonds is 8. The third kappa shape index (κ3) is 7.05. The second-order valence-electron chi connectivity index (χ2n) is 15.3. The molecule has 9 heteroatoms. The Morgan fingerprint density at radius 3 is 1.96 bits per heavy atom. The minimum Gasteiger partial charge on any atom is -0.444 e. The molecule has 284 valence electrons. The van der Waals surface area contributed by atoms with Crippen molar-refractivity contribution in [2.75, 3.05) is 33.3 Å². The minimum absolute atomic E-state index is 0.190. The summed E-state index contributed by atoms with van der Waals surface area (Å²) in [5.74, 6) is 0. The monoisotopic (exact) mass is 763 g/mol. The molecule has 1 fully saturated rings. The van der Waals surface area contributed by atoms with Gasteiger partial charge in [0.05, 0.1) is 23.8 Å². The van der Waals surface area contributed by atoms with Crippen molar-refractivity contribution in [1.29, 1.82) is 0 Å². The minimum atomic E-state index is -0.727. The van der Waals surface area contributed by atoms with Crippen LogP contribution in [0.1, 0.15) is 77.7 Å². The Labute approximate surface area is 334 Å². The van der Waals surface area contributed by atoms with Crippen LogP contribution >= 0.6 is 11.6 Å². The molecule has 1 unspecified atom stereocenters. The quantitative estimate of drug-likeness (QED) is 0.144. The molecule has 6 aromatic rings. The fourth-order valence-electron chi connectivity index (χ4n) is 8.31. The van der Waals surface area contributed by atoms with Gasteiger partial charge in [0.15, 0.2) is 0 Å². The molecule has 4 aromatic carbocycles. The molecule has 1 aliphatic carbocycles. The van der Waals surface area contributed by atoms with E-state index in [0.717, 1.165) is 50.3 Å². The fraction of sp³-hybridized carbons (Fsp3) is 0.255. The van der Waals surface area contributed by atoms with E-state index in [-0.39, 0.29) is 12.1 Å². The number of nitrogens with zero attached hydrogens (tertiary/aromatic N) is 5. The van der Waals surface area contributed by atoms with E-state index in [0.29, 0.717) is 31.2 Å². The molecule has 1 saturated heterocycles. The predicted molar refractivity (Wildman–Crippen MR) is 221 cm³/mol. The van der Waals surface area contributed by atoms with Crippen LogP contribution in [-0.2, 0) is 15.0 Å². The smallest absolute Gasteiger partial charge is 0.410 e. The van der Waals surface area contributed by atoms with E-state index < -0.39 is 17.2 Å². The molecular weight excluding hydrogens is 718 g/mol. The number of benzene rings is 4. The van der Waals surface area contributed by atoms with Gasteiger partial charge in [-0.1, -0.05) is 115 Å². The highest BCUT2D eigenvalue weighted by molar-refractivity contribution is 6.30. The molecule has 0 bridgehead atoms. The zero-order valence-electron chi connectivity index (χ0n) is 32.2. The summed E-state index contributed by atoms with van der Waals surface area (Å²) < 4.78 is 14.4. The van der Waals surface area contributed by atoms with E-state index in [9.17, 15) is 4.79 Å². The van der Waals surface area contributed by atoms with Gasteiger partial charge in [-0.15, -0.1) is 0 Å². The Bertz CT molecular complexity index is 2230. The second kappa shape index (κ2) is 15.5. The van der Waals surface area contributed by atoms with Crippen molar-refractivity contribution < 1.29 is 14.3 Å². The van der Waals surface area contributed by atoms with Crippen LogP contribution in [-0.4, -0.2) is 69.3 Å². The maximum Gasteiger partial charge on any atom is 0.410 e. The molecule has 56 heavy (non-hydrogen) atoms. The summed E-state index contributed by atoms with van der Waals surface area (Å²) in [5, 5.41) is 0.624. The summed E-state index contributed by atoms with van der Waals surface area (Å²) in [5.41, 5.74) is 7.69. The lowest BCUT2D eigenvalue weighted by molar-refractivity contribution is 0.0118. The maximum absolute atomic E-state index is 13.0. The normalized spacial score (nSPS) is 16.6. The van der Waals surface area contributed by atoms with E-state index >= 15 is 0 Å². The number of ether oxygens (including phenoxy) is 2. The number of aromatic nitrogens is 3. The van der Waals surface area contributed by atoms with Crippen molar-refractivity contribution in [2.45, 2.75) is 44.1 Å². The van der Waals surface area contributed by atoms with Crippen LogP contribution in [0.25, 0.3) is 11.6 Å². The summed E-state index contributed by atoms with van der Waals surface area (Å²) >= 11 is 6.83. The number of carbonyl (C=O) groups is 1. The second-order valence-corrected chi connectivity index (χ2v) is 15.8. The van der Waals surface area contributed by atoms with Crippen LogP contribution in [0.3, 0.4) is 0 Å². The molecule has 8 rings (SSSR count). The van der Waals surface area contributed by atoms with Gasteiger partial charge in [0.1, 0.15) is 17.2 Å². The maximum atomic E-state index is 13.0. The van der Waals surface area contributed by atoms with Crippen molar-refractivity contribution >= 4 is 29.3 Å². The summed E-state index contributed by atoms with van der Waals surface area (Å²) in [4.78, 5) is 27.3. The standard InChI is InChI=1S/C47H46ClN5O3/c1-46(2,3)56-45(54)52-27-25-51(26-28-52)43-38-23-22-37(48)30-39(38)40(29-33-15-14-24-49-42(33)43)44(55-4)41-31-53(32-50-41)47(34-16-8-5-9-17-34,35-18-10-6-11-19-35)36-20-12-7-13-21-36/h5-24,29-32,43-44H,25-28H2,1-4H3/t43-,44?/m0/s1. The highest BCUT2D eigenvalue weighted by Crippen LogP contribution is 2.46. The third-order valence-electron chi connectivity index (χ3n) is 10.7. The van der Waals surface area contributed by atoms with E-state index in [1.54, 1.807) is 12.0 Å². The molecule has 1 amide bonds. The van der Waals surface area contributed by atoms with Crippen LogP contribution < -0.4 is 0 Å². The SMILES string of the molecule is COC(C1=Cc2cccnc2[C@@H](N2CCN(C(=O)OC(C)(C)C)CC2)c2ccc(Cl)cc21)c1cn(C(c2ccccc2)(c2ccccc2)c2ccccc2)cn1. The average molecular weight is 764 g/mol. The molecule has 1 aliphatic heterocycles. The summed E-state index contributed by atoms with van der Waals surface area (Å²) in [6, 6.07) is 41.7. The molecule has 0 radical (unpaired) electrons. The summed E-state index contributed by atoms with van der Waals surface area (Å²) in [7, 11) is 1.73. The average Bonchev–Trinajstić information content (AvgIpc) is 3.65. The van der Waals surface area contributed by atoms with Gasteiger partial charge in [-0.3, -0.25) is 9.88 Å². The number of halogens is 1. The molecule has 2 atom stereocenters. The third-order valence-corrected chi connectivity index (χ3v) is 11.0. The van der Waals surface area contributed by atoms with Crippen LogP contribution in [0, 0.1) is 0 Å². The number of fused-ring (bicyclic) bond motifs is 2. The van der Waals surface area contributed by atoms with E-state index in [1.807, 2.05) is 69.7 Å². The summed E-state index contributed by atoms with van der Waals surface area (Å²) in [6.07, 6.45) is 7.24. The first kappa shape index (κ1) is 37.4. The van der Waals surface area contributed by atoms with Gasteiger partial charge in [-0.05, 0) is 84.0 Å². The molecule has 0 saturated carbocycles. The van der Waals surface area contributed by atoms with Crippen molar-refractivity contribution in [3.8, 4) is 0 Å².